The van der Waals surface area contributed by atoms with E-state index in [1.165, 1.54) is 25.3 Å². The largest absolute Gasteiger partial charge is 0.497 e. The fraction of sp³-hybridized carbons (Fsp3) is 0.0769. The van der Waals surface area contributed by atoms with Crippen LogP contribution in [-0.4, -0.2) is 30.9 Å². The van der Waals surface area contributed by atoms with Gasteiger partial charge in [0.05, 0.1) is 18.4 Å². The van der Waals surface area contributed by atoms with Crippen LogP contribution in [0.4, 0.5) is 10.5 Å². The van der Waals surface area contributed by atoms with E-state index in [2.05, 4.69) is 5.32 Å². The van der Waals surface area contributed by atoms with Crippen molar-refractivity contribution in [3.63, 3.8) is 0 Å². The molecule has 8 heteroatoms. The number of nitrogens with zero attached hydrogens (tertiary/aromatic N) is 1. The van der Waals surface area contributed by atoms with E-state index in [4.69, 9.17) is 9.47 Å². The Morgan fingerprint density at radius 2 is 1.59 bits per heavy atom. The van der Waals surface area contributed by atoms with Crippen LogP contribution in [0.1, 0.15) is 21.5 Å². The number of para-hydroxylation sites is 1. The topological polar surface area (TPSA) is 102 Å². The van der Waals surface area contributed by atoms with Crippen molar-refractivity contribution in [3.8, 4) is 11.5 Å². The van der Waals surface area contributed by atoms with Gasteiger partial charge in [0, 0.05) is 5.56 Å². The van der Waals surface area contributed by atoms with Crippen molar-refractivity contribution in [2.45, 2.75) is 6.92 Å². The highest BCUT2D eigenvalue weighted by molar-refractivity contribution is 6.39. The van der Waals surface area contributed by atoms with Crippen molar-refractivity contribution >= 4 is 35.6 Å². The molecule has 1 saturated heterocycles. The summed E-state index contributed by atoms with van der Waals surface area (Å²) in [6.45, 7) is 1.91. The summed E-state index contributed by atoms with van der Waals surface area (Å²) >= 11 is 0. The lowest BCUT2D eigenvalue weighted by molar-refractivity contribution is -0.122. The van der Waals surface area contributed by atoms with Crippen molar-refractivity contribution < 1.29 is 28.7 Å². The lowest BCUT2D eigenvalue weighted by Gasteiger charge is -2.26. The number of barbiturate groups is 1. The number of aryl methyl sites for hydroxylation is 1. The van der Waals surface area contributed by atoms with Gasteiger partial charge in [0.2, 0.25) is 0 Å². The van der Waals surface area contributed by atoms with Gasteiger partial charge in [-0.25, -0.2) is 14.5 Å². The minimum atomic E-state index is -0.864. The first-order valence-corrected chi connectivity index (χ1v) is 10.3. The van der Waals surface area contributed by atoms with Gasteiger partial charge in [-0.2, -0.15) is 0 Å². The molecule has 1 aliphatic rings. The Balaban J connectivity index is 1.65. The molecular formula is C26H20N2O6. The lowest BCUT2D eigenvalue weighted by atomic mass is 10.1. The second-order valence-corrected chi connectivity index (χ2v) is 7.45. The monoisotopic (exact) mass is 456 g/mol. The molecule has 4 rings (SSSR count). The lowest BCUT2D eigenvalue weighted by Crippen LogP contribution is -2.54. The van der Waals surface area contributed by atoms with Gasteiger partial charge >= 0.3 is 12.0 Å². The third-order valence-corrected chi connectivity index (χ3v) is 5.14. The van der Waals surface area contributed by atoms with E-state index in [9.17, 15) is 19.2 Å². The number of ether oxygens (including phenoxy) is 2. The van der Waals surface area contributed by atoms with E-state index in [0.717, 1.165) is 10.5 Å². The predicted molar refractivity (Wildman–Crippen MR) is 125 cm³/mol. The van der Waals surface area contributed by atoms with Crippen LogP contribution in [0.3, 0.4) is 0 Å². The van der Waals surface area contributed by atoms with Gasteiger partial charge < -0.3 is 9.47 Å². The summed E-state index contributed by atoms with van der Waals surface area (Å²) in [5.41, 5.74) is 1.66. The summed E-state index contributed by atoms with van der Waals surface area (Å²) in [5.74, 6) is -1.53. The summed E-state index contributed by atoms with van der Waals surface area (Å²) in [6.07, 6.45) is 1.29. The molecule has 3 aromatic rings. The average Bonchev–Trinajstić information content (AvgIpc) is 2.83. The van der Waals surface area contributed by atoms with Crippen LogP contribution in [0, 0.1) is 6.92 Å². The highest BCUT2D eigenvalue weighted by Gasteiger charge is 2.37. The first-order valence-electron chi connectivity index (χ1n) is 10.3. The Morgan fingerprint density at radius 3 is 2.26 bits per heavy atom. The molecule has 0 atom stereocenters. The Bertz CT molecular complexity index is 1310. The fourth-order valence-electron chi connectivity index (χ4n) is 3.32. The van der Waals surface area contributed by atoms with Gasteiger partial charge in [0.25, 0.3) is 11.8 Å². The van der Waals surface area contributed by atoms with Gasteiger partial charge in [-0.1, -0.05) is 35.9 Å². The second kappa shape index (κ2) is 9.41. The van der Waals surface area contributed by atoms with Crippen LogP contribution < -0.4 is 19.7 Å². The van der Waals surface area contributed by atoms with Gasteiger partial charge in [-0.3, -0.25) is 14.9 Å². The Labute approximate surface area is 195 Å². The zero-order valence-electron chi connectivity index (χ0n) is 18.4. The normalized spacial score (nSPS) is 14.7. The van der Waals surface area contributed by atoms with E-state index in [-0.39, 0.29) is 17.0 Å². The van der Waals surface area contributed by atoms with E-state index >= 15 is 0 Å². The summed E-state index contributed by atoms with van der Waals surface area (Å²) in [5, 5.41) is 2.17. The third-order valence-electron chi connectivity index (χ3n) is 5.14. The second-order valence-electron chi connectivity index (χ2n) is 7.45. The number of hydrogen-bond acceptors (Lipinski definition) is 6. The molecule has 3 aromatic carbocycles. The molecule has 0 unspecified atom stereocenters. The molecule has 1 N–H and O–H groups in total. The Hall–Kier alpha value is -4.72. The number of imide groups is 2. The number of carbonyl (C=O) groups is 4. The first kappa shape index (κ1) is 22.5. The summed E-state index contributed by atoms with van der Waals surface area (Å²) in [4.78, 5) is 51.5. The van der Waals surface area contributed by atoms with E-state index in [1.54, 1.807) is 60.7 Å². The number of rotatable bonds is 5. The van der Waals surface area contributed by atoms with Crippen LogP contribution >= 0.6 is 0 Å². The van der Waals surface area contributed by atoms with Crippen molar-refractivity contribution in [3.05, 3.63) is 95.1 Å². The number of urea groups is 1. The predicted octanol–water partition coefficient (Wildman–Crippen LogP) is 3.89. The molecule has 0 spiro atoms. The van der Waals surface area contributed by atoms with Crippen molar-refractivity contribution in [2.24, 2.45) is 0 Å². The van der Waals surface area contributed by atoms with Crippen molar-refractivity contribution in [2.75, 3.05) is 12.0 Å². The zero-order chi connectivity index (χ0) is 24.2. The molecule has 170 valence electrons. The average molecular weight is 456 g/mol. The highest BCUT2D eigenvalue weighted by atomic mass is 16.5. The molecule has 1 fully saturated rings. The molecule has 0 bridgehead atoms. The smallest absolute Gasteiger partial charge is 0.343 e. The molecule has 1 aliphatic heterocycles. The Morgan fingerprint density at radius 1 is 0.912 bits per heavy atom. The molecule has 0 aromatic heterocycles. The molecule has 1 heterocycles. The van der Waals surface area contributed by atoms with E-state index in [1.807, 2.05) is 6.92 Å². The number of amides is 4. The van der Waals surface area contributed by atoms with Crippen LogP contribution in [0.2, 0.25) is 0 Å². The van der Waals surface area contributed by atoms with Gasteiger partial charge in [0.15, 0.2) is 0 Å². The van der Waals surface area contributed by atoms with Gasteiger partial charge in [-0.15, -0.1) is 0 Å². The van der Waals surface area contributed by atoms with Gasteiger partial charge in [0.1, 0.15) is 17.1 Å². The van der Waals surface area contributed by atoms with Gasteiger partial charge in [-0.05, 0) is 55.5 Å². The number of carbonyl (C=O) groups excluding carboxylic acids is 4. The molecule has 8 nitrogen and oxygen atoms in total. The van der Waals surface area contributed by atoms with E-state index in [0.29, 0.717) is 16.9 Å². The number of anilines is 1. The van der Waals surface area contributed by atoms with Crippen LogP contribution in [0.25, 0.3) is 6.08 Å². The maximum atomic E-state index is 13.1. The highest BCUT2D eigenvalue weighted by Crippen LogP contribution is 2.27. The Kier molecular flexibility index (Phi) is 6.22. The fourth-order valence-corrected chi connectivity index (χ4v) is 3.32. The maximum Gasteiger partial charge on any atom is 0.343 e. The van der Waals surface area contributed by atoms with Crippen LogP contribution in [0.15, 0.2) is 78.4 Å². The number of benzene rings is 3. The number of nitrogens with one attached hydrogen (secondary N) is 1. The number of esters is 1. The standard InChI is InChI=1S/C26H20N2O6/c1-16-7-9-17(10-8-16)25(31)34-22-6-4-3-5-18(22)15-21-23(29)27-26(32)28(24(21)30)19-11-13-20(33-2)14-12-19/h3-15H,1-2H3,(H,27,29,32)/b21-15-. The number of methoxy groups -OCH3 is 1. The minimum absolute atomic E-state index is 0.161. The van der Waals surface area contributed by atoms with Crippen molar-refractivity contribution in [1.82, 2.24) is 5.32 Å². The molecule has 4 amide bonds. The summed E-state index contributed by atoms with van der Waals surface area (Å²) in [7, 11) is 1.50. The third kappa shape index (κ3) is 4.56. The summed E-state index contributed by atoms with van der Waals surface area (Å²) in [6, 6.07) is 18.7. The molecular weight excluding hydrogens is 436 g/mol. The molecule has 0 aliphatic carbocycles. The van der Waals surface area contributed by atoms with Crippen LogP contribution in [-0.2, 0) is 9.59 Å². The number of hydrogen-bond donors (Lipinski definition) is 1. The maximum absolute atomic E-state index is 13.1. The van der Waals surface area contributed by atoms with Crippen LogP contribution in [0.5, 0.6) is 11.5 Å². The van der Waals surface area contributed by atoms with E-state index < -0.39 is 23.8 Å². The van der Waals surface area contributed by atoms with Crippen molar-refractivity contribution in [1.29, 1.82) is 0 Å². The molecule has 34 heavy (non-hydrogen) atoms. The molecule has 0 saturated carbocycles. The quantitative estimate of drug-likeness (QED) is 0.271. The zero-order valence-corrected chi connectivity index (χ0v) is 18.4. The first-order chi connectivity index (χ1) is 16.4. The summed E-state index contributed by atoms with van der Waals surface area (Å²) < 4.78 is 10.6. The minimum Gasteiger partial charge on any atom is -0.497 e. The SMILES string of the molecule is COc1ccc(N2C(=O)NC(=O)/C(=C/c3ccccc3OC(=O)c3ccc(C)cc3)C2=O)cc1. The molecule has 0 radical (unpaired) electrons.